The van der Waals surface area contributed by atoms with Crippen molar-refractivity contribution < 1.29 is 14.0 Å². The van der Waals surface area contributed by atoms with E-state index in [1.165, 1.54) is 35.4 Å². The van der Waals surface area contributed by atoms with Gasteiger partial charge in [-0.05, 0) is 56.3 Å². The molecule has 2 amide bonds. The number of rotatable bonds is 7. The Kier molecular flexibility index (Phi) is 6.23. The van der Waals surface area contributed by atoms with Gasteiger partial charge in [-0.1, -0.05) is 0 Å². The summed E-state index contributed by atoms with van der Waals surface area (Å²) in [7, 11) is 2.11. The van der Waals surface area contributed by atoms with E-state index in [1.54, 1.807) is 12.3 Å². The lowest BCUT2D eigenvalue weighted by Gasteiger charge is -2.33. The number of anilines is 5. The van der Waals surface area contributed by atoms with Gasteiger partial charge in [-0.15, -0.1) is 0 Å². The molecule has 1 saturated heterocycles. The second-order valence-electron chi connectivity index (χ2n) is 9.12. The molecule has 2 aliphatic rings. The molecule has 0 radical (unpaired) electrons. The molecule has 1 aliphatic carbocycles. The molecule has 0 spiro atoms. The normalized spacial score (nSPS) is 16.9. The summed E-state index contributed by atoms with van der Waals surface area (Å²) in [6.45, 7) is 3.88. The van der Waals surface area contributed by atoms with Crippen molar-refractivity contribution in [2.24, 2.45) is 11.1 Å². The highest BCUT2D eigenvalue weighted by Gasteiger charge is 2.57. The van der Waals surface area contributed by atoms with Crippen molar-refractivity contribution in [3.63, 3.8) is 0 Å². The molecule has 2 aromatic heterocycles. The van der Waals surface area contributed by atoms with Crippen LogP contribution in [0, 0.1) is 11.2 Å². The fourth-order valence-corrected chi connectivity index (χ4v) is 4.21. The predicted molar refractivity (Wildman–Crippen MR) is 134 cm³/mol. The predicted octanol–water partition coefficient (Wildman–Crippen LogP) is 2.44. The van der Waals surface area contributed by atoms with Gasteiger partial charge < -0.3 is 20.9 Å². The van der Waals surface area contributed by atoms with Crippen LogP contribution >= 0.6 is 0 Å². The molecule has 0 bridgehead atoms. The minimum atomic E-state index is -1.28. The van der Waals surface area contributed by atoms with Crippen molar-refractivity contribution >= 4 is 40.8 Å². The van der Waals surface area contributed by atoms with Gasteiger partial charge in [0.1, 0.15) is 22.9 Å². The zero-order chi connectivity index (χ0) is 25.3. The Bertz CT molecular complexity index is 1260. The summed E-state index contributed by atoms with van der Waals surface area (Å²) < 4.78 is 13.6. The summed E-state index contributed by atoms with van der Waals surface area (Å²) in [6, 6.07) is 10.8. The molecular formula is C25H27FN8O2. The molecule has 3 N–H and O–H groups in total. The number of hydrogen-bond donors (Lipinski definition) is 2. The van der Waals surface area contributed by atoms with E-state index in [0.29, 0.717) is 24.3 Å². The van der Waals surface area contributed by atoms with Crippen LogP contribution in [0.1, 0.15) is 12.8 Å². The number of piperazine rings is 1. The number of nitrogens with two attached hydrogens (primary N) is 1. The Labute approximate surface area is 208 Å². The Balaban J connectivity index is 1.39. The molecular weight excluding hydrogens is 463 g/mol. The number of nitrogens with zero attached hydrogens (tertiary/aromatic N) is 6. The maximum Gasteiger partial charge on any atom is 0.248 e. The molecule has 0 atom stereocenters. The number of hydrogen-bond acceptors (Lipinski definition) is 8. The van der Waals surface area contributed by atoms with Crippen LogP contribution in [0.25, 0.3) is 0 Å². The summed E-state index contributed by atoms with van der Waals surface area (Å²) >= 11 is 0. The molecule has 3 heterocycles. The first kappa shape index (κ1) is 23.6. The third kappa shape index (κ3) is 4.69. The topological polar surface area (TPSA) is 121 Å². The van der Waals surface area contributed by atoms with E-state index >= 15 is 0 Å². The lowest BCUT2D eigenvalue weighted by Crippen LogP contribution is -2.44. The molecule has 36 heavy (non-hydrogen) atoms. The van der Waals surface area contributed by atoms with Crippen LogP contribution < -0.4 is 20.9 Å². The average Bonchev–Trinajstić information content (AvgIpc) is 3.69. The smallest absolute Gasteiger partial charge is 0.248 e. The lowest BCUT2D eigenvalue weighted by molar-refractivity contribution is -0.133. The number of nitrogens with one attached hydrogen (secondary N) is 1. The highest BCUT2D eigenvalue weighted by Crippen LogP contribution is 2.48. The third-order valence-corrected chi connectivity index (χ3v) is 6.65. The van der Waals surface area contributed by atoms with E-state index in [0.717, 1.165) is 31.9 Å². The number of likely N-dealkylation sites (N-methyl/N-ethyl adjacent to an activating group) is 1. The standard InChI is InChI=1S/C25H27FN8O2/c1-32-12-14-33(15-13-32)19-6-7-20(29-16-19)30-24-28-11-8-21(31-24)34(18-4-2-17(26)3-5-18)23(36)25(9-10-25)22(27)35/h2-8,11,16H,9-10,12-15H2,1H3,(H2,27,35)(H,28,29,30,31). The zero-order valence-corrected chi connectivity index (χ0v) is 19.9. The summed E-state index contributed by atoms with van der Waals surface area (Å²) in [5.74, 6) is -0.641. The number of halogens is 1. The van der Waals surface area contributed by atoms with Crippen molar-refractivity contribution in [2.45, 2.75) is 12.8 Å². The van der Waals surface area contributed by atoms with E-state index < -0.39 is 23.0 Å². The maximum absolute atomic E-state index is 13.6. The first-order valence-electron chi connectivity index (χ1n) is 11.8. The Morgan fingerprint density at radius 3 is 2.36 bits per heavy atom. The zero-order valence-electron chi connectivity index (χ0n) is 19.9. The molecule has 1 saturated carbocycles. The van der Waals surface area contributed by atoms with Gasteiger partial charge in [-0.25, -0.2) is 14.4 Å². The SMILES string of the molecule is CN1CCN(c2ccc(Nc3nccc(N(C(=O)C4(C(N)=O)CC4)c4ccc(F)cc4)n3)nc2)CC1. The van der Waals surface area contributed by atoms with Crippen molar-refractivity contribution in [1.29, 1.82) is 0 Å². The highest BCUT2D eigenvalue weighted by molar-refractivity contribution is 6.16. The molecule has 0 unspecified atom stereocenters. The van der Waals surface area contributed by atoms with Crippen LogP contribution in [0.5, 0.6) is 0 Å². The number of aromatic nitrogens is 3. The number of carbonyl (C=O) groups excluding carboxylic acids is 2. The van der Waals surface area contributed by atoms with Gasteiger partial charge in [0.05, 0.1) is 17.6 Å². The summed E-state index contributed by atoms with van der Waals surface area (Å²) in [5.41, 5.74) is 5.68. The fraction of sp³-hybridized carbons (Fsp3) is 0.320. The second kappa shape index (κ2) is 9.50. The summed E-state index contributed by atoms with van der Waals surface area (Å²) in [5, 5.41) is 3.06. The van der Waals surface area contributed by atoms with E-state index in [1.807, 2.05) is 12.1 Å². The number of amides is 2. The summed E-state index contributed by atoms with van der Waals surface area (Å²) in [6.07, 6.45) is 4.02. The molecule has 1 aliphatic heterocycles. The van der Waals surface area contributed by atoms with Crippen molar-refractivity contribution in [2.75, 3.05) is 48.3 Å². The molecule has 10 nitrogen and oxygen atoms in total. The first-order valence-corrected chi connectivity index (χ1v) is 11.8. The quantitative estimate of drug-likeness (QED) is 0.485. The van der Waals surface area contributed by atoms with Gasteiger partial charge in [0, 0.05) is 38.4 Å². The molecule has 3 aromatic rings. The average molecular weight is 491 g/mol. The fourth-order valence-electron chi connectivity index (χ4n) is 4.21. The van der Waals surface area contributed by atoms with E-state index in [4.69, 9.17) is 5.73 Å². The third-order valence-electron chi connectivity index (χ3n) is 6.65. The van der Waals surface area contributed by atoms with Crippen molar-refractivity contribution in [1.82, 2.24) is 19.9 Å². The highest BCUT2D eigenvalue weighted by atomic mass is 19.1. The maximum atomic E-state index is 13.6. The van der Waals surface area contributed by atoms with Crippen LogP contribution in [0.4, 0.5) is 33.3 Å². The molecule has 11 heteroatoms. The molecule has 186 valence electrons. The van der Waals surface area contributed by atoms with Gasteiger partial charge in [-0.2, -0.15) is 4.98 Å². The van der Waals surface area contributed by atoms with Gasteiger partial charge in [0.2, 0.25) is 17.8 Å². The Morgan fingerprint density at radius 2 is 1.75 bits per heavy atom. The lowest BCUT2D eigenvalue weighted by atomic mass is 10.0. The number of primary amides is 1. The number of pyridine rings is 1. The van der Waals surface area contributed by atoms with E-state index in [2.05, 4.69) is 37.1 Å². The monoisotopic (exact) mass is 490 g/mol. The molecule has 2 fully saturated rings. The second-order valence-corrected chi connectivity index (χ2v) is 9.12. The molecule has 1 aromatic carbocycles. The van der Waals surface area contributed by atoms with Crippen LogP contribution in [-0.4, -0.2) is 64.9 Å². The van der Waals surface area contributed by atoms with Crippen LogP contribution in [0.15, 0.2) is 54.9 Å². The largest absolute Gasteiger partial charge is 0.369 e. The van der Waals surface area contributed by atoms with Crippen LogP contribution in [0.2, 0.25) is 0 Å². The van der Waals surface area contributed by atoms with Crippen LogP contribution in [-0.2, 0) is 9.59 Å². The van der Waals surface area contributed by atoms with Gasteiger partial charge in [-0.3, -0.25) is 14.5 Å². The van der Waals surface area contributed by atoms with E-state index in [-0.39, 0.29) is 11.8 Å². The molecule has 5 rings (SSSR count). The van der Waals surface area contributed by atoms with E-state index in [9.17, 15) is 14.0 Å². The minimum Gasteiger partial charge on any atom is -0.369 e. The number of carbonyl (C=O) groups is 2. The van der Waals surface area contributed by atoms with Gasteiger partial charge in [0.25, 0.3) is 0 Å². The first-order chi connectivity index (χ1) is 17.4. The van der Waals surface area contributed by atoms with Gasteiger partial charge >= 0.3 is 0 Å². The minimum absolute atomic E-state index is 0.219. The Hall–Kier alpha value is -4.12. The van der Waals surface area contributed by atoms with Crippen molar-refractivity contribution in [3.05, 3.63) is 60.7 Å². The van der Waals surface area contributed by atoms with Crippen molar-refractivity contribution in [3.8, 4) is 0 Å². The van der Waals surface area contributed by atoms with Gasteiger partial charge in [0.15, 0.2) is 0 Å². The number of benzene rings is 1. The summed E-state index contributed by atoms with van der Waals surface area (Å²) in [4.78, 5) is 44.6. The van der Waals surface area contributed by atoms with Crippen LogP contribution in [0.3, 0.4) is 0 Å². The Morgan fingerprint density at radius 1 is 1.03 bits per heavy atom.